The first kappa shape index (κ1) is 9.59. The van der Waals surface area contributed by atoms with Crippen LogP contribution >= 0.6 is 0 Å². The molecule has 1 aliphatic heterocycles. The smallest absolute Gasteiger partial charge is 0.161 e. The summed E-state index contributed by atoms with van der Waals surface area (Å²) in [4.78, 5) is 4.66. The van der Waals surface area contributed by atoms with Crippen LogP contribution in [0, 0.1) is 6.92 Å². The number of imidazole rings is 1. The zero-order chi connectivity index (χ0) is 11.1. The number of H-pyrrole nitrogens is 1. The van der Waals surface area contributed by atoms with Gasteiger partial charge in [0.15, 0.2) is 5.82 Å². The highest BCUT2D eigenvalue weighted by molar-refractivity contribution is 5.52. The van der Waals surface area contributed by atoms with Gasteiger partial charge in [0.2, 0.25) is 0 Å². The van der Waals surface area contributed by atoms with Gasteiger partial charge in [0.05, 0.1) is 11.4 Å². The number of aromatic amines is 1. The molecule has 0 bridgehead atoms. The minimum Gasteiger partial charge on any atom is -0.325 e. The second-order valence-electron chi connectivity index (χ2n) is 4.11. The Morgan fingerprint density at radius 3 is 3.00 bits per heavy atom. The zero-order valence-electron chi connectivity index (χ0n) is 9.54. The van der Waals surface area contributed by atoms with E-state index in [2.05, 4.69) is 32.0 Å². The van der Waals surface area contributed by atoms with Gasteiger partial charge in [-0.2, -0.15) is 5.10 Å². The molecule has 3 heterocycles. The number of hydrogen-bond donors (Lipinski definition) is 2. The summed E-state index contributed by atoms with van der Waals surface area (Å²) in [6, 6.07) is 2.04. The maximum absolute atomic E-state index is 4.66. The van der Waals surface area contributed by atoms with Crippen LogP contribution in [0.5, 0.6) is 0 Å². The van der Waals surface area contributed by atoms with Crippen LogP contribution < -0.4 is 5.32 Å². The summed E-state index contributed by atoms with van der Waals surface area (Å²) in [7, 11) is 0. The predicted molar refractivity (Wildman–Crippen MR) is 60.8 cm³/mol. The fourth-order valence-corrected chi connectivity index (χ4v) is 2.24. The molecule has 2 aromatic heterocycles. The average Bonchev–Trinajstić information content (AvgIpc) is 2.90. The van der Waals surface area contributed by atoms with E-state index in [0.717, 1.165) is 42.5 Å². The standard InChI is InChI=1S/C11H15N5/c1-3-16-10-6-12-5-9(10)13-11(16)8-4-7(2)14-15-8/h4,12H,3,5-6H2,1-2H3,(H,14,15). The van der Waals surface area contributed by atoms with Crippen molar-refractivity contribution in [1.82, 2.24) is 25.1 Å². The molecule has 0 amide bonds. The van der Waals surface area contributed by atoms with E-state index in [4.69, 9.17) is 0 Å². The molecule has 0 saturated heterocycles. The summed E-state index contributed by atoms with van der Waals surface area (Å²) >= 11 is 0. The summed E-state index contributed by atoms with van der Waals surface area (Å²) in [5, 5.41) is 10.6. The first-order valence-electron chi connectivity index (χ1n) is 5.61. The summed E-state index contributed by atoms with van der Waals surface area (Å²) < 4.78 is 2.24. The van der Waals surface area contributed by atoms with Crippen molar-refractivity contribution in [2.24, 2.45) is 0 Å². The monoisotopic (exact) mass is 217 g/mol. The van der Waals surface area contributed by atoms with Gasteiger partial charge in [-0.25, -0.2) is 4.98 Å². The van der Waals surface area contributed by atoms with Crippen molar-refractivity contribution in [2.75, 3.05) is 0 Å². The van der Waals surface area contributed by atoms with Crippen molar-refractivity contribution < 1.29 is 0 Å². The van der Waals surface area contributed by atoms with Crippen molar-refractivity contribution in [3.8, 4) is 11.5 Å². The quantitative estimate of drug-likeness (QED) is 0.794. The van der Waals surface area contributed by atoms with Crippen molar-refractivity contribution >= 4 is 0 Å². The third-order valence-electron chi connectivity index (χ3n) is 2.99. The number of fused-ring (bicyclic) bond motifs is 1. The topological polar surface area (TPSA) is 58.5 Å². The molecule has 5 nitrogen and oxygen atoms in total. The van der Waals surface area contributed by atoms with Crippen LogP contribution in [0.4, 0.5) is 0 Å². The van der Waals surface area contributed by atoms with Gasteiger partial charge in [-0.15, -0.1) is 0 Å². The molecule has 0 unspecified atom stereocenters. The fraction of sp³-hybridized carbons (Fsp3) is 0.455. The lowest BCUT2D eigenvalue weighted by Crippen LogP contribution is -2.08. The van der Waals surface area contributed by atoms with Crippen molar-refractivity contribution in [2.45, 2.75) is 33.5 Å². The van der Waals surface area contributed by atoms with E-state index in [1.54, 1.807) is 0 Å². The lowest BCUT2D eigenvalue weighted by Gasteiger charge is -2.05. The van der Waals surface area contributed by atoms with Gasteiger partial charge >= 0.3 is 0 Å². The van der Waals surface area contributed by atoms with Gasteiger partial charge in [0, 0.05) is 25.3 Å². The molecule has 2 N–H and O–H groups in total. The number of nitrogens with one attached hydrogen (secondary N) is 2. The molecule has 0 atom stereocenters. The largest absolute Gasteiger partial charge is 0.325 e. The first-order valence-corrected chi connectivity index (χ1v) is 5.61. The Hall–Kier alpha value is -1.62. The normalized spacial score (nSPS) is 14.4. The summed E-state index contributed by atoms with van der Waals surface area (Å²) in [6.45, 7) is 6.87. The molecule has 5 heteroatoms. The highest BCUT2D eigenvalue weighted by atomic mass is 15.2. The Labute approximate surface area is 93.9 Å². The molecule has 0 spiro atoms. The second-order valence-corrected chi connectivity index (χ2v) is 4.11. The fourth-order valence-electron chi connectivity index (χ4n) is 2.24. The SMILES string of the molecule is CCn1c(-c2cc(C)[nH]n2)nc2c1CNC2. The number of aromatic nitrogens is 4. The second kappa shape index (κ2) is 3.45. The number of rotatable bonds is 2. The van der Waals surface area contributed by atoms with E-state index in [1.165, 1.54) is 5.69 Å². The maximum Gasteiger partial charge on any atom is 0.161 e. The highest BCUT2D eigenvalue weighted by Gasteiger charge is 2.21. The Balaban J connectivity index is 2.14. The van der Waals surface area contributed by atoms with E-state index >= 15 is 0 Å². The van der Waals surface area contributed by atoms with Gasteiger partial charge in [0.1, 0.15) is 5.69 Å². The lowest BCUT2D eigenvalue weighted by atomic mass is 10.3. The summed E-state index contributed by atoms with van der Waals surface area (Å²) in [5.74, 6) is 0.985. The predicted octanol–water partition coefficient (Wildman–Crippen LogP) is 1.20. The van der Waals surface area contributed by atoms with Gasteiger partial charge in [-0.05, 0) is 19.9 Å². The third kappa shape index (κ3) is 1.28. The average molecular weight is 217 g/mol. The van der Waals surface area contributed by atoms with Gasteiger partial charge in [-0.3, -0.25) is 5.10 Å². The summed E-state index contributed by atoms with van der Waals surface area (Å²) in [5.41, 5.74) is 4.48. The van der Waals surface area contributed by atoms with Gasteiger partial charge in [-0.1, -0.05) is 0 Å². The third-order valence-corrected chi connectivity index (χ3v) is 2.99. The summed E-state index contributed by atoms with van der Waals surface area (Å²) in [6.07, 6.45) is 0. The molecule has 0 radical (unpaired) electrons. The van der Waals surface area contributed by atoms with Crippen LogP contribution in [0.25, 0.3) is 11.5 Å². The molecule has 0 fully saturated rings. The Bertz CT molecular complexity index is 522. The first-order chi connectivity index (χ1) is 7.79. The minimum atomic E-state index is 0.874. The Morgan fingerprint density at radius 2 is 2.31 bits per heavy atom. The van der Waals surface area contributed by atoms with E-state index < -0.39 is 0 Å². The molecular formula is C11H15N5. The number of aryl methyl sites for hydroxylation is 1. The van der Waals surface area contributed by atoms with Crippen LogP contribution in [0.2, 0.25) is 0 Å². The maximum atomic E-state index is 4.66. The van der Waals surface area contributed by atoms with Gasteiger partial charge in [0.25, 0.3) is 0 Å². The number of hydrogen-bond acceptors (Lipinski definition) is 3. The molecule has 1 aliphatic rings. The molecule has 16 heavy (non-hydrogen) atoms. The van der Waals surface area contributed by atoms with Crippen molar-refractivity contribution in [3.05, 3.63) is 23.1 Å². The molecule has 0 aromatic carbocycles. The molecule has 3 rings (SSSR count). The van der Waals surface area contributed by atoms with Crippen LogP contribution in [-0.4, -0.2) is 19.7 Å². The van der Waals surface area contributed by atoms with Crippen LogP contribution in [0.3, 0.4) is 0 Å². The molecule has 2 aromatic rings. The number of nitrogens with zero attached hydrogens (tertiary/aromatic N) is 3. The Morgan fingerprint density at radius 1 is 1.44 bits per heavy atom. The molecule has 84 valence electrons. The minimum absolute atomic E-state index is 0.874. The van der Waals surface area contributed by atoms with Crippen LogP contribution in [0.1, 0.15) is 24.0 Å². The van der Waals surface area contributed by atoms with Crippen molar-refractivity contribution in [3.63, 3.8) is 0 Å². The molecule has 0 saturated carbocycles. The van der Waals surface area contributed by atoms with E-state index in [0.29, 0.717) is 0 Å². The van der Waals surface area contributed by atoms with Crippen LogP contribution in [-0.2, 0) is 19.6 Å². The van der Waals surface area contributed by atoms with E-state index in [-0.39, 0.29) is 0 Å². The van der Waals surface area contributed by atoms with E-state index in [9.17, 15) is 0 Å². The van der Waals surface area contributed by atoms with Crippen molar-refractivity contribution in [1.29, 1.82) is 0 Å². The van der Waals surface area contributed by atoms with Crippen LogP contribution in [0.15, 0.2) is 6.07 Å². The zero-order valence-corrected chi connectivity index (χ0v) is 9.54. The Kier molecular flexibility index (Phi) is 2.07. The lowest BCUT2D eigenvalue weighted by molar-refractivity contribution is 0.676. The van der Waals surface area contributed by atoms with Gasteiger partial charge < -0.3 is 9.88 Å². The highest BCUT2D eigenvalue weighted by Crippen LogP contribution is 2.24. The molecule has 0 aliphatic carbocycles. The molecular weight excluding hydrogens is 202 g/mol. The van der Waals surface area contributed by atoms with E-state index in [1.807, 2.05) is 13.0 Å².